The predicted octanol–water partition coefficient (Wildman–Crippen LogP) is 2.00. The zero-order valence-corrected chi connectivity index (χ0v) is 8.23. The van der Waals surface area contributed by atoms with Gasteiger partial charge in [-0.1, -0.05) is 12.1 Å². The van der Waals surface area contributed by atoms with Gasteiger partial charge in [0, 0.05) is 6.04 Å². The maximum atomic E-state index is 8.48. The van der Waals surface area contributed by atoms with Gasteiger partial charge in [-0.15, -0.1) is 0 Å². The van der Waals surface area contributed by atoms with Crippen LogP contribution in [-0.2, 0) is 0 Å². The van der Waals surface area contributed by atoms with Gasteiger partial charge in [-0.05, 0) is 24.6 Å². The molecule has 0 saturated heterocycles. The molecule has 0 aliphatic carbocycles. The van der Waals surface area contributed by atoms with Crippen molar-refractivity contribution in [2.24, 2.45) is 5.73 Å². The third-order valence-corrected chi connectivity index (χ3v) is 1.93. The first-order valence-electron chi connectivity index (χ1n) is 4.63. The predicted molar refractivity (Wildman–Crippen MR) is 54.8 cm³/mol. The molecule has 3 nitrogen and oxygen atoms in total. The van der Waals surface area contributed by atoms with Crippen LogP contribution in [0, 0.1) is 11.3 Å². The van der Waals surface area contributed by atoms with Crippen molar-refractivity contribution in [2.75, 3.05) is 6.61 Å². The summed E-state index contributed by atoms with van der Waals surface area (Å²) in [4.78, 5) is 0. The van der Waals surface area contributed by atoms with Gasteiger partial charge in [0.25, 0.3) is 0 Å². The molecule has 2 N–H and O–H groups in total. The summed E-state index contributed by atoms with van der Waals surface area (Å²) in [6, 6.07) is 9.38. The zero-order valence-electron chi connectivity index (χ0n) is 8.23. The Morgan fingerprint density at radius 2 is 2.07 bits per heavy atom. The molecule has 0 radical (unpaired) electrons. The van der Waals surface area contributed by atoms with Crippen LogP contribution in [0.3, 0.4) is 0 Å². The van der Waals surface area contributed by atoms with Gasteiger partial charge in [0.2, 0.25) is 0 Å². The fourth-order valence-corrected chi connectivity index (χ4v) is 1.19. The van der Waals surface area contributed by atoms with Crippen molar-refractivity contribution in [1.29, 1.82) is 5.26 Å². The van der Waals surface area contributed by atoms with Crippen LogP contribution in [0.25, 0.3) is 0 Å². The molecular weight excluding hydrogens is 176 g/mol. The molecule has 0 spiro atoms. The van der Waals surface area contributed by atoms with Crippen molar-refractivity contribution in [2.45, 2.75) is 19.4 Å². The highest BCUT2D eigenvalue weighted by atomic mass is 16.5. The molecule has 14 heavy (non-hydrogen) atoms. The molecule has 1 atom stereocenters. The third-order valence-electron chi connectivity index (χ3n) is 1.93. The summed E-state index contributed by atoms with van der Waals surface area (Å²) in [7, 11) is 0. The fraction of sp³-hybridized carbons (Fsp3) is 0.364. The lowest BCUT2D eigenvalue weighted by Gasteiger charge is -2.08. The van der Waals surface area contributed by atoms with Crippen molar-refractivity contribution in [3.05, 3.63) is 29.8 Å². The van der Waals surface area contributed by atoms with Crippen molar-refractivity contribution >= 4 is 0 Å². The summed E-state index contributed by atoms with van der Waals surface area (Å²) in [6.07, 6.45) is 0.341. The minimum absolute atomic E-state index is 0.198. The molecule has 0 aliphatic rings. The smallest absolute Gasteiger partial charge is 0.119 e. The normalized spacial score (nSPS) is 11.8. The van der Waals surface area contributed by atoms with E-state index in [9.17, 15) is 0 Å². The van der Waals surface area contributed by atoms with Gasteiger partial charge in [0.15, 0.2) is 0 Å². The summed E-state index contributed by atoms with van der Waals surface area (Å²) in [6.45, 7) is 2.60. The summed E-state index contributed by atoms with van der Waals surface area (Å²) in [5, 5.41) is 8.48. The highest BCUT2D eigenvalue weighted by Gasteiger charge is 2.04. The minimum atomic E-state index is -0.198. The highest BCUT2D eigenvalue weighted by Crippen LogP contribution is 2.17. The molecule has 1 aromatic rings. The van der Waals surface area contributed by atoms with Crippen LogP contribution in [0.2, 0.25) is 0 Å². The molecule has 0 amide bonds. The molecule has 0 heterocycles. The molecule has 0 saturated carbocycles. The lowest BCUT2D eigenvalue weighted by molar-refractivity contribution is 0.340. The van der Waals surface area contributed by atoms with Gasteiger partial charge in [0.05, 0.1) is 19.1 Å². The molecule has 0 aromatic heterocycles. The standard InChI is InChI=1S/C11H14N2O/c1-2-14-10-5-3-9(4-6-10)11(13)7-8-12/h3-6,11H,2,7,13H2,1H3. The van der Waals surface area contributed by atoms with E-state index >= 15 is 0 Å². The van der Waals surface area contributed by atoms with Gasteiger partial charge in [0.1, 0.15) is 5.75 Å². The average Bonchev–Trinajstić information content (AvgIpc) is 2.20. The van der Waals surface area contributed by atoms with Gasteiger partial charge in [-0.2, -0.15) is 5.26 Å². The summed E-state index contributed by atoms with van der Waals surface area (Å²) >= 11 is 0. The Kier molecular flexibility index (Phi) is 3.96. The minimum Gasteiger partial charge on any atom is -0.494 e. The molecule has 0 bridgehead atoms. The van der Waals surface area contributed by atoms with E-state index in [1.54, 1.807) is 0 Å². The Hall–Kier alpha value is -1.53. The molecule has 3 heteroatoms. The van der Waals surface area contributed by atoms with E-state index in [-0.39, 0.29) is 6.04 Å². The number of benzene rings is 1. The fourth-order valence-electron chi connectivity index (χ4n) is 1.19. The average molecular weight is 190 g/mol. The highest BCUT2D eigenvalue weighted by molar-refractivity contribution is 5.29. The molecule has 1 unspecified atom stereocenters. The Balaban J connectivity index is 2.68. The van der Waals surface area contributed by atoms with E-state index in [2.05, 4.69) is 0 Å². The quantitative estimate of drug-likeness (QED) is 0.789. The summed E-state index contributed by atoms with van der Waals surface area (Å²) in [5.74, 6) is 0.834. The van der Waals surface area contributed by atoms with Gasteiger partial charge < -0.3 is 10.5 Å². The van der Waals surface area contributed by atoms with Crippen LogP contribution in [0.4, 0.5) is 0 Å². The lowest BCUT2D eigenvalue weighted by atomic mass is 10.1. The Bertz CT molecular complexity index is 313. The second-order valence-corrected chi connectivity index (χ2v) is 2.97. The van der Waals surface area contributed by atoms with Gasteiger partial charge in [-0.25, -0.2) is 0 Å². The van der Waals surface area contributed by atoms with Crippen LogP contribution in [0.1, 0.15) is 24.9 Å². The van der Waals surface area contributed by atoms with Gasteiger partial charge in [-0.3, -0.25) is 0 Å². The molecule has 0 aliphatic heterocycles. The van der Waals surface area contributed by atoms with E-state index in [4.69, 9.17) is 15.7 Å². The largest absolute Gasteiger partial charge is 0.494 e. The Labute approximate surface area is 84.1 Å². The van der Waals surface area contributed by atoms with E-state index in [1.165, 1.54) is 0 Å². The number of ether oxygens (including phenoxy) is 1. The number of hydrogen-bond donors (Lipinski definition) is 1. The van der Waals surface area contributed by atoms with Crippen LogP contribution in [0.5, 0.6) is 5.75 Å². The van der Waals surface area contributed by atoms with E-state index in [0.29, 0.717) is 13.0 Å². The monoisotopic (exact) mass is 190 g/mol. The van der Waals surface area contributed by atoms with Crippen molar-refractivity contribution < 1.29 is 4.74 Å². The zero-order chi connectivity index (χ0) is 10.4. The first-order valence-corrected chi connectivity index (χ1v) is 4.63. The first-order chi connectivity index (χ1) is 6.77. The number of rotatable bonds is 4. The van der Waals surface area contributed by atoms with Crippen LogP contribution >= 0.6 is 0 Å². The second-order valence-electron chi connectivity index (χ2n) is 2.97. The SMILES string of the molecule is CCOc1ccc(C(N)CC#N)cc1. The number of hydrogen-bond acceptors (Lipinski definition) is 3. The van der Waals surface area contributed by atoms with Crippen molar-refractivity contribution in [3.63, 3.8) is 0 Å². The number of nitriles is 1. The molecule has 1 aromatic carbocycles. The topological polar surface area (TPSA) is 59.0 Å². The molecule has 74 valence electrons. The van der Waals surface area contributed by atoms with Crippen molar-refractivity contribution in [1.82, 2.24) is 0 Å². The maximum absolute atomic E-state index is 8.48. The van der Waals surface area contributed by atoms with Gasteiger partial charge >= 0.3 is 0 Å². The maximum Gasteiger partial charge on any atom is 0.119 e. The molecular formula is C11H14N2O. The Morgan fingerprint density at radius 3 is 2.57 bits per heavy atom. The number of nitrogens with two attached hydrogens (primary N) is 1. The number of nitrogens with zero attached hydrogens (tertiary/aromatic N) is 1. The first kappa shape index (κ1) is 10.6. The lowest BCUT2D eigenvalue weighted by Crippen LogP contribution is -2.08. The summed E-state index contributed by atoms with van der Waals surface area (Å²) < 4.78 is 5.29. The van der Waals surface area contributed by atoms with Crippen LogP contribution < -0.4 is 10.5 Å². The third kappa shape index (κ3) is 2.75. The Morgan fingerprint density at radius 1 is 1.43 bits per heavy atom. The van der Waals surface area contributed by atoms with E-state index < -0.39 is 0 Å². The van der Waals surface area contributed by atoms with E-state index in [1.807, 2.05) is 37.3 Å². The van der Waals surface area contributed by atoms with Crippen LogP contribution in [0.15, 0.2) is 24.3 Å². The second kappa shape index (κ2) is 5.25. The summed E-state index contributed by atoms with van der Waals surface area (Å²) in [5.41, 5.74) is 6.73. The van der Waals surface area contributed by atoms with Crippen molar-refractivity contribution in [3.8, 4) is 11.8 Å². The van der Waals surface area contributed by atoms with Crippen LogP contribution in [-0.4, -0.2) is 6.61 Å². The molecule has 1 rings (SSSR count). The molecule has 0 fully saturated rings. The van der Waals surface area contributed by atoms with E-state index in [0.717, 1.165) is 11.3 Å².